The molecule has 10 atom stereocenters. The lowest BCUT2D eigenvalue weighted by Crippen LogP contribution is -2.66. The quantitative estimate of drug-likeness (QED) is 0.0668. The third-order valence-electron chi connectivity index (χ3n) is 11.7. The van der Waals surface area contributed by atoms with E-state index >= 15 is 0 Å². The normalized spacial score (nSPS) is 25.4. The number of hydrogen-bond acceptors (Lipinski definition) is 11. The topological polar surface area (TPSA) is 113 Å². The average molecular weight is 897 g/mol. The molecule has 2 aliphatic heterocycles. The molecule has 2 heterocycles. The number of hydrogen-bond donors (Lipinski definition) is 1. The highest BCUT2D eigenvalue weighted by molar-refractivity contribution is 5.18. The Morgan fingerprint density at radius 3 is 1.06 bits per heavy atom. The van der Waals surface area contributed by atoms with E-state index in [1.54, 1.807) is 7.11 Å². The molecule has 8 rings (SSSR count). The van der Waals surface area contributed by atoms with Crippen LogP contribution in [0.2, 0.25) is 0 Å². The zero-order valence-electron chi connectivity index (χ0n) is 37.3. The van der Waals surface area contributed by atoms with Crippen molar-refractivity contribution < 1.29 is 52.5 Å². The van der Waals surface area contributed by atoms with Crippen molar-refractivity contribution in [3.05, 3.63) is 215 Å². The van der Waals surface area contributed by atoms with Crippen LogP contribution in [-0.4, -0.2) is 86.8 Å². The molecule has 346 valence electrons. The lowest BCUT2D eigenvalue weighted by molar-refractivity contribution is -0.375. The SMILES string of the molecule is CO[C@@H]1O[C@H](CO)[C@H](O[C@H]2O[C@H](COCc3ccccc3)[C@H](OCc3ccccc3)[C@H](OCc3ccccc3)[C@H]2OCc2ccccc2)[C@H](OCc2ccccc2)[C@H]1OCc1ccccc1. The highest BCUT2D eigenvalue weighted by atomic mass is 16.8. The summed E-state index contributed by atoms with van der Waals surface area (Å²) in [5, 5.41) is 11.1. The molecule has 11 heteroatoms. The molecule has 1 N–H and O–H groups in total. The van der Waals surface area contributed by atoms with Crippen molar-refractivity contribution in [3.8, 4) is 0 Å². The molecule has 0 aromatic heterocycles. The van der Waals surface area contributed by atoms with Crippen molar-refractivity contribution in [2.24, 2.45) is 0 Å². The van der Waals surface area contributed by atoms with Crippen molar-refractivity contribution in [3.63, 3.8) is 0 Å². The largest absolute Gasteiger partial charge is 0.394 e. The van der Waals surface area contributed by atoms with Crippen LogP contribution in [0.4, 0.5) is 0 Å². The summed E-state index contributed by atoms with van der Waals surface area (Å²) >= 11 is 0. The van der Waals surface area contributed by atoms with Crippen molar-refractivity contribution in [2.75, 3.05) is 20.3 Å². The Labute approximate surface area is 388 Å². The van der Waals surface area contributed by atoms with Gasteiger partial charge >= 0.3 is 0 Å². The van der Waals surface area contributed by atoms with Gasteiger partial charge in [-0.1, -0.05) is 182 Å². The molecule has 0 unspecified atom stereocenters. The van der Waals surface area contributed by atoms with Gasteiger partial charge in [-0.25, -0.2) is 0 Å². The first kappa shape index (κ1) is 47.4. The van der Waals surface area contributed by atoms with Crippen LogP contribution in [0.5, 0.6) is 0 Å². The van der Waals surface area contributed by atoms with Gasteiger partial charge < -0.3 is 52.5 Å². The first-order valence-corrected chi connectivity index (χ1v) is 22.6. The number of aliphatic hydroxyl groups is 1. The third-order valence-corrected chi connectivity index (χ3v) is 11.7. The molecule has 0 saturated carbocycles. The maximum Gasteiger partial charge on any atom is 0.187 e. The first-order valence-electron chi connectivity index (χ1n) is 22.6. The van der Waals surface area contributed by atoms with Gasteiger partial charge in [0.25, 0.3) is 0 Å². The summed E-state index contributed by atoms with van der Waals surface area (Å²) < 4.78 is 67.5. The number of ether oxygens (including phenoxy) is 10. The van der Waals surface area contributed by atoms with Crippen LogP contribution < -0.4 is 0 Å². The maximum atomic E-state index is 11.1. The molecule has 2 aliphatic rings. The lowest BCUT2D eigenvalue weighted by atomic mass is 9.95. The Bertz CT molecular complexity index is 2220. The smallest absolute Gasteiger partial charge is 0.187 e. The Morgan fingerprint density at radius 1 is 0.364 bits per heavy atom. The Kier molecular flexibility index (Phi) is 18.0. The van der Waals surface area contributed by atoms with Crippen molar-refractivity contribution in [1.82, 2.24) is 0 Å². The number of aliphatic hydroxyl groups excluding tert-OH is 1. The Morgan fingerprint density at radius 2 is 0.682 bits per heavy atom. The predicted molar refractivity (Wildman–Crippen MR) is 247 cm³/mol. The van der Waals surface area contributed by atoms with Gasteiger partial charge in [0.05, 0.1) is 52.9 Å². The van der Waals surface area contributed by atoms with Crippen molar-refractivity contribution >= 4 is 0 Å². The van der Waals surface area contributed by atoms with E-state index in [0.29, 0.717) is 6.61 Å². The van der Waals surface area contributed by atoms with E-state index in [-0.39, 0.29) is 39.6 Å². The molecule has 0 aliphatic carbocycles. The van der Waals surface area contributed by atoms with E-state index in [9.17, 15) is 5.11 Å². The monoisotopic (exact) mass is 896 g/mol. The summed E-state index contributed by atoms with van der Waals surface area (Å²) in [6.07, 6.45) is -8.55. The van der Waals surface area contributed by atoms with E-state index in [1.807, 2.05) is 182 Å². The molecule has 2 fully saturated rings. The fraction of sp³-hybridized carbons (Fsp3) is 0.345. The second kappa shape index (κ2) is 25.1. The van der Waals surface area contributed by atoms with E-state index in [2.05, 4.69) is 0 Å². The number of benzene rings is 6. The predicted octanol–water partition coefficient (Wildman–Crippen LogP) is 8.60. The summed E-state index contributed by atoms with van der Waals surface area (Å²) in [7, 11) is 1.55. The van der Waals surface area contributed by atoms with Gasteiger partial charge in [0.2, 0.25) is 0 Å². The Hall–Kier alpha value is -5.12. The van der Waals surface area contributed by atoms with Gasteiger partial charge in [0.1, 0.15) is 48.8 Å². The molecule has 6 aromatic rings. The van der Waals surface area contributed by atoms with Crippen LogP contribution >= 0.6 is 0 Å². The number of methoxy groups -OCH3 is 1. The van der Waals surface area contributed by atoms with Gasteiger partial charge in [0.15, 0.2) is 12.6 Å². The van der Waals surface area contributed by atoms with Gasteiger partial charge in [0, 0.05) is 7.11 Å². The summed E-state index contributed by atoms with van der Waals surface area (Å²) in [6.45, 7) is 1.29. The summed E-state index contributed by atoms with van der Waals surface area (Å²) in [5.41, 5.74) is 5.83. The Balaban J connectivity index is 1.17. The van der Waals surface area contributed by atoms with Crippen LogP contribution in [0.15, 0.2) is 182 Å². The molecule has 0 amide bonds. The molecular formula is C55H60O11. The number of rotatable bonds is 23. The minimum Gasteiger partial charge on any atom is -0.394 e. The summed E-state index contributed by atoms with van der Waals surface area (Å²) in [6, 6.07) is 59.7. The van der Waals surface area contributed by atoms with E-state index in [1.165, 1.54) is 0 Å². The van der Waals surface area contributed by atoms with Gasteiger partial charge in [-0.15, -0.1) is 0 Å². The van der Waals surface area contributed by atoms with Crippen LogP contribution in [0, 0.1) is 0 Å². The van der Waals surface area contributed by atoms with E-state index < -0.39 is 68.0 Å². The molecule has 6 aromatic carbocycles. The fourth-order valence-corrected chi connectivity index (χ4v) is 8.29. The molecule has 2 saturated heterocycles. The minimum absolute atomic E-state index is 0.137. The van der Waals surface area contributed by atoms with Gasteiger partial charge in [-0.3, -0.25) is 0 Å². The van der Waals surface area contributed by atoms with Crippen molar-refractivity contribution in [1.29, 1.82) is 0 Å². The highest BCUT2D eigenvalue weighted by Gasteiger charge is 2.54. The molecule has 0 spiro atoms. The molecule has 66 heavy (non-hydrogen) atoms. The minimum atomic E-state index is -1.12. The molecule has 0 bridgehead atoms. The third kappa shape index (κ3) is 13.3. The van der Waals surface area contributed by atoms with Gasteiger partial charge in [-0.05, 0) is 33.4 Å². The zero-order valence-corrected chi connectivity index (χ0v) is 37.3. The fourth-order valence-electron chi connectivity index (χ4n) is 8.29. The van der Waals surface area contributed by atoms with E-state index in [4.69, 9.17) is 47.4 Å². The zero-order chi connectivity index (χ0) is 45.2. The molecular weight excluding hydrogens is 837 g/mol. The second-order valence-electron chi connectivity index (χ2n) is 16.4. The average Bonchev–Trinajstić information content (AvgIpc) is 3.38. The second-order valence-corrected chi connectivity index (χ2v) is 16.4. The molecule has 0 radical (unpaired) electrons. The van der Waals surface area contributed by atoms with Crippen LogP contribution in [0.3, 0.4) is 0 Å². The van der Waals surface area contributed by atoms with Crippen molar-refractivity contribution in [2.45, 2.75) is 101 Å². The molecule has 11 nitrogen and oxygen atoms in total. The van der Waals surface area contributed by atoms with E-state index in [0.717, 1.165) is 33.4 Å². The standard InChI is InChI=1S/C55H60O11/c1-57-54-52(62-37-44-28-16-6-17-29-44)51(61-36-43-26-14-5-15-27-43)49(46(32-56)64-54)66-55-53(63-38-45-30-18-7-19-31-45)50(60-35-42-24-12-4-13-25-42)48(59-34-41-22-10-3-11-23-41)47(65-55)39-58-33-40-20-8-2-9-21-40/h2-31,46-56H,32-39H2,1H3/t46-,47-,48+,49+,50+,51+,52-,53-,54-,55-/m1/s1. The summed E-state index contributed by atoms with van der Waals surface area (Å²) in [5.74, 6) is 0. The van der Waals surface area contributed by atoms with Crippen LogP contribution in [0.25, 0.3) is 0 Å². The van der Waals surface area contributed by atoms with Crippen LogP contribution in [-0.2, 0) is 87.0 Å². The van der Waals surface area contributed by atoms with Gasteiger partial charge in [-0.2, -0.15) is 0 Å². The highest BCUT2D eigenvalue weighted by Crippen LogP contribution is 2.36. The summed E-state index contributed by atoms with van der Waals surface area (Å²) in [4.78, 5) is 0. The maximum absolute atomic E-state index is 11.1. The first-order chi connectivity index (χ1) is 32.6. The van der Waals surface area contributed by atoms with Crippen LogP contribution in [0.1, 0.15) is 33.4 Å². The lowest BCUT2D eigenvalue weighted by Gasteiger charge is -2.50.